The molecule has 1 aromatic heterocycles. The minimum Gasteiger partial charge on any atom is -0.490 e. The lowest BCUT2D eigenvalue weighted by Crippen LogP contribution is -2.40. The third kappa shape index (κ3) is 5.36. The fourth-order valence-electron chi connectivity index (χ4n) is 4.25. The number of rotatable bonds is 8. The first-order valence-corrected chi connectivity index (χ1v) is 13.3. The van der Waals surface area contributed by atoms with Crippen LogP contribution in [0.5, 0.6) is 11.5 Å². The molecule has 1 aliphatic heterocycles. The second-order valence-corrected chi connectivity index (χ2v) is 10.0. The summed E-state index contributed by atoms with van der Waals surface area (Å²) >= 11 is 7.81. The van der Waals surface area contributed by atoms with Crippen molar-refractivity contribution in [2.75, 3.05) is 13.7 Å². The summed E-state index contributed by atoms with van der Waals surface area (Å²) in [4.78, 5) is 31.9. The van der Waals surface area contributed by atoms with E-state index in [0.717, 1.165) is 5.56 Å². The lowest BCUT2D eigenvalue weighted by atomic mass is 9.95. The Bertz CT molecular complexity index is 1520. The molecule has 0 bridgehead atoms. The Balaban J connectivity index is 1.93. The first-order chi connectivity index (χ1) is 17.8. The van der Waals surface area contributed by atoms with E-state index in [9.17, 15) is 9.59 Å². The molecule has 0 N–H and O–H groups in total. The van der Waals surface area contributed by atoms with Gasteiger partial charge in [0, 0.05) is 0 Å². The van der Waals surface area contributed by atoms with Gasteiger partial charge in [0.25, 0.3) is 5.56 Å². The number of carbonyl (C=O) groups excluding carboxylic acids is 1. The molecule has 0 amide bonds. The van der Waals surface area contributed by atoms with Gasteiger partial charge in [-0.15, -0.1) is 0 Å². The highest BCUT2D eigenvalue weighted by Crippen LogP contribution is 2.37. The van der Waals surface area contributed by atoms with Gasteiger partial charge in [-0.05, 0) is 56.5 Å². The molecule has 4 rings (SSSR count). The van der Waals surface area contributed by atoms with E-state index in [1.54, 1.807) is 22.8 Å². The lowest BCUT2D eigenvalue weighted by Gasteiger charge is -2.25. The van der Waals surface area contributed by atoms with Gasteiger partial charge in [-0.2, -0.15) is 0 Å². The van der Waals surface area contributed by atoms with Gasteiger partial charge in [-0.3, -0.25) is 9.36 Å². The van der Waals surface area contributed by atoms with Crippen molar-refractivity contribution in [3.8, 4) is 11.5 Å². The third-order valence-electron chi connectivity index (χ3n) is 5.75. The molecule has 2 heterocycles. The van der Waals surface area contributed by atoms with E-state index in [4.69, 9.17) is 30.8 Å². The molecule has 0 radical (unpaired) electrons. The third-order valence-corrected chi connectivity index (χ3v) is 7.01. The highest BCUT2D eigenvalue weighted by molar-refractivity contribution is 7.07. The van der Waals surface area contributed by atoms with Gasteiger partial charge in [-0.1, -0.05) is 60.2 Å². The maximum atomic E-state index is 13.8. The number of nitrogens with zero attached hydrogens (tertiary/aromatic N) is 2. The summed E-state index contributed by atoms with van der Waals surface area (Å²) in [7, 11) is 1.34. The Kier molecular flexibility index (Phi) is 8.19. The zero-order valence-electron chi connectivity index (χ0n) is 21.4. The fraction of sp³-hybridized carbons (Fsp3) is 0.321. The van der Waals surface area contributed by atoms with Crippen molar-refractivity contribution in [1.29, 1.82) is 0 Å². The number of ether oxygens (including phenoxy) is 3. The van der Waals surface area contributed by atoms with Crippen molar-refractivity contribution in [3.63, 3.8) is 0 Å². The molecule has 2 aromatic carbocycles. The number of carbonyl (C=O) groups is 1. The van der Waals surface area contributed by atoms with Gasteiger partial charge in [0.05, 0.1) is 46.7 Å². The maximum absolute atomic E-state index is 13.8. The van der Waals surface area contributed by atoms with Crippen LogP contribution in [0.1, 0.15) is 51.3 Å². The van der Waals surface area contributed by atoms with E-state index < -0.39 is 12.0 Å². The number of thiazole rings is 1. The molecule has 7 nitrogen and oxygen atoms in total. The quantitative estimate of drug-likeness (QED) is 0.389. The van der Waals surface area contributed by atoms with Crippen LogP contribution in [-0.2, 0) is 9.53 Å². The number of methoxy groups -OCH3 is 1. The average molecular weight is 541 g/mol. The molecule has 194 valence electrons. The molecule has 0 saturated carbocycles. The van der Waals surface area contributed by atoms with Gasteiger partial charge in [0.2, 0.25) is 0 Å². The van der Waals surface area contributed by atoms with E-state index in [0.29, 0.717) is 55.7 Å². The van der Waals surface area contributed by atoms with E-state index in [1.165, 1.54) is 18.4 Å². The zero-order valence-corrected chi connectivity index (χ0v) is 23.0. The van der Waals surface area contributed by atoms with Crippen molar-refractivity contribution in [1.82, 2.24) is 4.57 Å². The molecule has 0 unspecified atom stereocenters. The summed E-state index contributed by atoms with van der Waals surface area (Å²) in [6.45, 7) is 8.07. The SMILES string of the molecule is CCOc1cc(/C=c2/sc3n(c2=O)[C@H](c2ccccc2)C(C(=O)OC)=C(CC)N=3)cc(Cl)c1OC(C)C. The summed E-state index contributed by atoms with van der Waals surface area (Å²) in [5.41, 5.74) is 2.20. The number of hydrogen-bond acceptors (Lipinski definition) is 7. The van der Waals surface area contributed by atoms with Gasteiger partial charge in [0.15, 0.2) is 16.3 Å². The first kappa shape index (κ1) is 26.7. The monoisotopic (exact) mass is 540 g/mol. The van der Waals surface area contributed by atoms with Crippen LogP contribution in [0.4, 0.5) is 0 Å². The normalized spacial score (nSPS) is 15.4. The maximum Gasteiger partial charge on any atom is 0.338 e. The van der Waals surface area contributed by atoms with Crippen molar-refractivity contribution < 1.29 is 19.0 Å². The topological polar surface area (TPSA) is 79.1 Å². The minimum absolute atomic E-state index is 0.0824. The second-order valence-electron chi connectivity index (χ2n) is 8.63. The Morgan fingerprint density at radius 3 is 2.57 bits per heavy atom. The molecule has 0 aliphatic carbocycles. The predicted molar refractivity (Wildman–Crippen MR) is 145 cm³/mol. The van der Waals surface area contributed by atoms with E-state index in [2.05, 4.69) is 0 Å². The Hall–Kier alpha value is -3.36. The Morgan fingerprint density at radius 2 is 1.95 bits per heavy atom. The molecule has 0 spiro atoms. The number of hydrogen-bond donors (Lipinski definition) is 0. The minimum atomic E-state index is -0.647. The number of aromatic nitrogens is 1. The van der Waals surface area contributed by atoms with Crippen LogP contribution in [-0.4, -0.2) is 30.4 Å². The summed E-state index contributed by atoms with van der Waals surface area (Å²) in [5, 5.41) is 0.391. The smallest absolute Gasteiger partial charge is 0.338 e. The van der Waals surface area contributed by atoms with Crippen LogP contribution in [0.3, 0.4) is 0 Å². The standard InChI is InChI=1S/C28H29ClN2O5S/c1-6-20-23(27(33)34-5)24(18-11-9-8-10-12-18)31-26(32)22(37-28(31)30-20)15-17-13-19(29)25(36-16(3)4)21(14-17)35-7-2/h8-16,24H,6-7H2,1-5H3/b22-15+/t24-/m1/s1. The van der Waals surface area contributed by atoms with Crippen LogP contribution in [0.25, 0.3) is 6.08 Å². The molecule has 3 aromatic rings. The van der Waals surface area contributed by atoms with Gasteiger partial charge >= 0.3 is 5.97 Å². The summed E-state index contributed by atoms with van der Waals surface area (Å²) in [5.74, 6) is 0.472. The van der Waals surface area contributed by atoms with Crippen molar-refractivity contribution >= 4 is 35.0 Å². The molecular formula is C28H29ClN2O5S. The van der Waals surface area contributed by atoms with Crippen LogP contribution in [0.15, 0.2) is 63.5 Å². The van der Waals surface area contributed by atoms with Crippen molar-refractivity contribution in [3.05, 3.63) is 89.6 Å². The first-order valence-electron chi connectivity index (χ1n) is 12.1. The van der Waals surface area contributed by atoms with E-state index in [-0.39, 0.29) is 11.7 Å². The van der Waals surface area contributed by atoms with Gasteiger partial charge < -0.3 is 14.2 Å². The average Bonchev–Trinajstić information content (AvgIpc) is 3.19. The largest absolute Gasteiger partial charge is 0.490 e. The number of esters is 1. The zero-order chi connectivity index (χ0) is 26.7. The molecule has 0 fully saturated rings. The van der Waals surface area contributed by atoms with Gasteiger partial charge in [0.1, 0.15) is 0 Å². The molecular weight excluding hydrogens is 512 g/mol. The van der Waals surface area contributed by atoms with Crippen LogP contribution >= 0.6 is 22.9 Å². The highest BCUT2D eigenvalue weighted by Gasteiger charge is 2.33. The summed E-state index contributed by atoms with van der Waals surface area (Å²) in [6, 6.07) is 12.3. The van der Waals surface area contributed by atoms with Crippen LogP contribution in [0.2, 0.25) is 5.02 Å². The summed E-state index contributed by atoms with van der Waals surface area (Å²) in [6.07, 6.45) is 2.19. The summed E-state index contributed by atoms with van der Waals surface area (Å²) < 4.78 is 18.8. The highest BCUT2D eigenvalue weighted by atomic mass is 35.5. The van der Waals surface area contributed by atoms with E-state index >= 15 is 0 Å². The van der Waals surface area contributed by atoms with Gasteiger partial charge in [-0.25, -0.2) is 9.79 Å². The fourth-order valence-corrected chi connectivity index (χ4v) is 5.53. The molecule has 1 aliphatic rings. The van der Waals surface area contributed by atoms with Crippen LogP contribution < -0.4 is 24.4 Å². The molecule has 37 heavy (non-hydrogen) atoms. The molecule has 9 heteroatoms. The molecule has 0 saturated heterocycles. The Morgan fingerprint density at radius 1 is 1.22 bits per heavy atom. The second kappa shape index (κ2) is 11.4. The number of allylic oxidation sites excluding steroid dienone is 1. The van der Waals surface area contributed by atoms with Crippen molar-refractivity contribution in [2.24, 2.45) is 4.99 Å². The van der Waals surface area contributed by atoms with Crippen molar-refractivity contribution in [2.45, 2.75) is 46.3 Å². The van der Waals surface area contributed by atoms with Crippen LogP contribution in [0, 0.1) is 0 Å². The lowest BCUT2D eigenvalue weighted by molar-refractivity contribution is -0.136. The number of halogens is 1. The molecule has 1 atom stereocenters. The Labute approximate surface area is 224 Å². The van der Waals surface area contributed by atoms with E-state index in [1.807, 2.05) is 58.0 Å². The predicted octanol–water partition coefficient (Wildman–Crippen LogP) is 4.64. The number of fused-ring (bicyclic) bond motifs is 1. The number of benzene rings is 2.